The predicted molar refractivity (Wildman–Crippen MR) is 38.1 cm³/mol. The molecular weight excluding hydrogens is 187 g/mol. The van der Waals surface area contributed by atoms with Crippen molar-refractivity contribution in [1.29, 1.82) is 0 Å². The fraction of sp³-hybridized carbons (Fsp3) is 1.00. The molecule has 0 saturated heterocycles. The van der Waals surface area contributed by atoms with E-state index >= 15 is 0 Å². The van der Waals surface area contributed by atoms with Crippen molar-refractivity contribution in [3.63, 3.8) is 0 Å². The molecular formula is C2H6Cl2O2SSi. The van der Waals surface area contributed by atoms with Gasteiger partial charge >= 0.3 is 6.53 Å². The third-order valence-electron chi connectivity index (χ3n) is 0.580. The third-order valence-corrected chi connectivity index (χ3v) is 11.2. The van der Waals surface area contributed by atoms with E-state index in [-0.39, 0.29) is 0 Å². The van der Waals surface area contributed by atoms with Crippen LogP contribution in [0, 0.1) is 0 Å². The Morgan fingerprint density at radius 2 is 1.50 bits per heavy atom. The Kier molecular flexibility index (Phi) is 2.37. The van der Waals surface area contributed by atoms with E-state index in [0.29, 0.717) is 0 Å². The van der Waals surface area contributed by atoms with E-state index in [4.69, 9.17) is 21.8 Å². The molecule has 0 bridgehead atoms. The number of hydrogen-bond acceptors (Lipinski definition) is 2. The average molecular weight is 193 g/mol. The third kappa shape index (κ3) is 2.35. The van der Waals surface area contributed by atoms with Crippen molar-refractivity contribution in [3.8, 4) is 0 Å². The molecule has 8 heavy (non-hydrogen) atoms. The molecule has 0 aromatic carbocycles. The van der Waals surface area contributed by atoms with Crippen molar-refractivity contribution in [3.05, 3.63) is 0 Å². The van der Waals surface area contributed by atoms with E-state index in [1.54, 1.807) is 0 Å². The first-order valence-electron chi connectivity index (χ1n) is 1.88. The molecule has 0 fully saturated rings. The lowest BCUT2D eigenvalue weighted by Crippen LogP contribution is -2.25. The van der Waals surface area contributed by atoms with Crippen molar-refractivity contribution in [1.82, 2.24) is 0 Å². The van der Waals surface area contributed by atoms with Crippen LogP contribution in [0.5, 0.6) is 0 Å². The van der Waals surface area contributed by atoms with Gasteiger partial charge in [-0.3, -0.25) is 0 Å². The van der Waals surface area contributed by atoms with Crippen LogP contribution in [0.3, 0.4) is 0 Å². The Labute approximate surface area is 58.6 Å². The minimum atomic E-state index is -3.46. The largest absolute Gasteiger partial charge is 0.303 e. The summed E-state index contributed by atoms with van der Waals surface area (Å²) >= 11 is 5.43. The van der Waals surface area contributed by atoms with E-state index in [1.165, 1.54) is 13.1 Å². The molecule has 0 aromatic rings. The summed E-state index contributed by atoms with van der Waals surface area (Å²) in [6, 6.07) is 0. The van der Waals surface area contributed by atoms with E-state index in [2.05, 4.69) is 0 Å². The van der Waals surface area contributed by atoms with Crippen LogP contribution in [-0.2, 0) is 8.50 Å². The second-order valence-electron chi connectivity index (χ2n) is 1.80. The summed E-state index contributed by atoms with van der Waals surface area (Å²) in [4.78, 5) is 0. The summed E-state index contributed by atoms with van der Waals surface area (Å²) < 4.78 is 20.7. The van der Waals surface area contributed by atoms with Crippen molar-refractivity contribution in [2.45, 2.75) is 13.1 Å². The van der Waals surface area contributed by atoms with Crippen molar-refractivity contribution < 1.29 is 8.42 Å². The van der Waals surface area contributed by atoms with Gasteiger partial charge in [-0.15, -0.1) is 11.1 Å². The molecule has 50 valence electrons. The lowest BCUT2D eigenvalue weighted by Gasteiger charge is -2.04. The molecule has 0 aliphatic carbocycles. The van der Waals surface area contributed by atoms with Crippen LogP contribution in [-0.4, -0.2) is 15.0 Å². The maximum atomic E-state index is 10.3. The minimum Gasteiger partial charge on any atom is -0.219 e. The van der Waals surface area contributed by atoms with E-state index < -0.39 is 15.0 Å². The van der Waals surface area contributed by atoms with Crippen LogP contribution < -0.4 is 0 Å². The molecule has 6 heteroatoms. The molecule has 0 unspecified atom stereocenters. The van der Waals surface area contributed by atoms with Crippen LogP contribution in [0.4, 0.5) is 0 Å². The van der Waals surface area contributed by atoms with Gasteiger partial charge in [0.1, 0.15) is 0 Å². The smallest absolute Gasteiger partial charge is 0.219 e. The van der Waals surface area contributed by atoms with Gasteiger partial charge in [0.05, 0.1) is 0 Å². The zero-order valence-electron chi connectivity index (χ0n) is 4.48. The SMILES string of the molecule is C[Si](C)(Cl)S(=O)(=O)Cl. The molecule has 0 heterocycles. The van der Waals surface area contributed by atoms with Gasteiger partial charge in [-0.2, -0.15) is 0 Å². The molecule has 0 saturated carbocycles. The second-order valence-corrected chi connectivity index (χ2v) is 15.6. The molecule has 0 N–H and O–H groups in total. The molecule has 0 amide bonds. The fourth-order valence-electron chi connectivity index (χ4n) is 0. The molecule has 2 nitrogen and oxygen atoms in total. The number of hydrogen-bond donors (Lipinski definition) is 0. The lowest BCUT2D eigenvalue weighted by atomic mass is 11.9. The van der Waals surface area contributed by atoms with Crippen LogP contribution >= 0.6 is 21.8 Å². The predicted octanol–water partition coefficient (Wildman–Crippen LogP) is 1.50. The summed E-state index contributed by atoms with van der Waals surface area (Å²) in [5.74, 6) is 0. The summed E-state index contributed by atoms with van der Waals surface area (Å²) in [6.07, 6.45) is 0. The normalized spacial score (nSPS) is 14.0. The topological polar surface area (TPSA) is 34.1 Å². The summed E-state index contributed by atoms with van der Waals surface area (Å²) in [6.45, 7) is 0.262. The highest BCUT2D eigenvalue weighted by atomic mass is 35.7. The van der Waals surface area contributed by atoms with E-state index in [0.717, 1.165) is 0 Å². The maximum absolute atomic E-state index is 10.3. The minimum absolute atomic E-state index is 1.46. The van der Waals surface area contributed by atoms with Crippen LogP contribution in [0.25, 0.3) is 0 Å². The Bertz CT molecular complexity index is 167. The van der Waals surface area contributed by atoms with Crippen molar-refractivity contribution in [2.75, 3.05) is 0 Å². The molecule has 0 radical (unpaired) electrons. The van der Waals surface area contributed by atoms with Crippen molar-refractivity contribution in [2.24, 2.45) is 0 Å². The zero-order chi connectivity index (χ0) is 7.00. The summed E-state index contributed by atoms with van der Waals surface area (Å²) in [7, 11) is 1.45. The van der Waals surface area contributed by atoms with Crippen LogP contribution in [0.2, 0.25) is 13.1 Å². The van der Waals surface area contributed by atoms with Gasteiger partial charge in [0.25, 0.3) is 0 Å². The average Bonchev–Trinajstić information content (AvgIpc) is 1.25. The number of rotatable bonds is 1. The first kappa shape index (κ1) is 8.75. The van der Waals surface area contributed by atoms with Gasteiger partial charge in [0, 0.05) is 10.7 Å². The van der Waals surface area contributed by atoms with Crippen LogP contribution in [0.15, 0.2) is 0 Å². The summed E-state index contributed by atoms with van der Waals surface area (Å²) in [5, 5.41) is 0. The molecule has 0 aromatic heterocycles. The molecule has 0 atom stereocenters. The highest BCUT2D eigenvalue weighted by molar-refractivity contribution is 8.41. The maximum Gasteiger partial charge on any atom is 0.303 e. The van der Waals surface area contributed by atoms with E-state index in [1.807, 2.05) is 0 Å². The Morgan fingerprint density at radius 3 is 1.50 bits per heavy atom. The van der Waals surface area contributed by atoms with Gasteiger partial charge in [-0.25, -0.2) is 8.42 Å². The molecule has 0 aliphatic heterocycles. The lowest BCUT2D eigenvalue weighted by molar-refractivity contribution is 0.620. The quantitative estimate of drug-likeness (QED) is 0.359. The number of halogens is 2. The van der Waals surface area contributed by atoms with Gasteiger partial charge in [0.2, 0.25) is 8.50 Å². The van der Waals surface area contributed by atoms with Gasteiger partial charge in [0.15, 0.2) is 0 Å². The Balaban J connectivity index is 4.53. The summed E-state index contributed by atoms with van der Waals surface area (Å²) in [5.41, 5.74) is 0. The first-order chi connectivity index (χ1) is 3.25. The second kappa shape index (κ2) is 2.17. The van der Waals surface area contributed by atoms with Crippen molar-refractivity contribution >= 4 is 36.8 Å². The van der Waals surface area contributed by atoms with Gasteiger partial charge < -0.3 is 0 Å². The molecule has 0 aliphatic rings. The molecule has 0 spiro atoms. The Morgan fingerprint density at radius 1 is 1.38 bits per heavy atom. The van der Waals surface area contributed by atoms with E-state index in [9.17, 15) is 8.42 Å². The first-order valence-corrected chi connectivity index (χ1v) is 8.93. The van der Waals surface area contributed by atoms with Gasteiger partial charge in [-0.1, -0.05) is 0 Å². The zero-order valence-corrected chi connectivity index (χ0v) is 7.81. The van der Waals surface area contributed by atoms with Gasteiger partial charge in [-0.05, 0) is 13.1 Å². The highest BCUT2D eigenvalue weighted by Crippen LogP contribution is 2.19. The standard InChI is InChI=1S/C2H6Cl2O2SSi/c1-8(2,4)7(3,5)6/h1-2H3. The molecule has 0 rings (SSSR count). The fourth-order valence-corrected chi connectivity index (χ4v) is 0. The Hall–Kier alpha value is 0.747. The highest BCUT2D eigenvalue weighted by Gasteiger charge is 2.33. The van der Waals surface area contributed by atoms with Crippen LogP contribution in [0.1, 0.15) is 0 Å². The monoisotopic (exact) mass is 192 g/mol.